The van der Waals surface area contributed by atoms with Crippen molar-refractivity contribution in [3.8, 4) is 0 Å². The number of nitrogens with zero attached hydrogens (tertiary/aromatic N) is 4. The van der Waals surface area contributed by atoms with Crippen LogP contribution in [0.15, 0.2) is 34.7 Å². The summed E-state index contributed by atoms with van der Waals surface area (Å²) in [6.45, 7) is 7.51. The molecule has 1 aromatic carbocycles. The van der Waals surface area contributed by atoms with Crippen LogP contribution in [0.1, 0.15) is 36.6 Å². The van der Waals surface area contributed by atoms with E-state index >= 15 is 0 Å². The van der Waals surface area contributed by atoms with Gasteiger partial charge in [-0.15, -0.1) is 10.2 Å². The molecule has 2 atom stereocenters. The van der Waals surface area contributed by atoms with Crippen LogP contribution < -0.4 is 0 Å². The number of ether oxygens (including phenoxy) is 1. The van der Waals surface area contributed by atoms with Gasteiger partial charge in [0.25, 0.3) is 0 Å². The van der Waals surface area contributed by atoms with Gasteiger partial charge in [-0.25, -0.2) is 0 Å². The molecule has 3 aliphatic rings. The first-order chi connectivity index (χ1) is 14.6. The summed E-state index contributed by atoms with van der Waals surface area (Å²) >= 11 is 0. The zero-order valence-corrected chi connectivity index (χ0v) is 17.6. The van der Waals surface area contributed by atoms with Gasteiger partial charge in [0.1, 0.15) is 0 Å². The molecule has 160 valence electrons. The van der Waals surface area contributed by atoms with E-state index in [0.29, 0.717) is 30.9 Å². The Morgan fingerprint density at radius 2 is 1.97 bits per heavy atom. The second-order valence-electron chi connectivity index (χ2n) is 9.06. The maximum Gasteiger partial charge on any atom is 0.225 e. The molecule has 0 bridgehead atoms. The van der Waals surface area contributed by atoms with Crippen LogP contribution >= 0.6 is 0 Å². The molecular formula is C23H30N4O3. The van der Waals surface area contributed by atoms with E-state index in [4.69, 9.17) is 9.15 Å². The fourth-order valence-corrected chi connectivity index (χ4v) is 5.50. The molecule has 3 aliphatic heterocycles. The van der Waals surface area contributed by atoms with Gasteiger partial charge >= 0.3 is 0 Å². The number of piperidine rings is 1. The molecule has 3 fully saturated rings. The molecule has 30 heavy (non-hydrogen) atoms. The van der Waals surface area contributed by atoms with Crippen molar-refractivity contribution in [3.05, 3.63) is 47.7 Å². The second kappa shape index (κ2) is 8.12. The first kappa shape index (κ1) is 19.7. The van der Waals surface area contributed by atoms with Crippen molar-refractivity contribution in [3.63, 3.8) is 0 Å². The molecule has 0 spiro atoms. The number of carbonyl (C=O) groups is 1. The highest BCUT2D eigenvalue weighted by Crippen LogP contribution is 2.45. The molecule has 0 unspecified atom stereocenters. The largest absolute Gasteiger partial charge is 0.425 e. The van der Waals surface area contributed by atoms with Crippen LogP contribution in [0.3, 0.4) is 0 Å². The molecule has 7 nitrogen and oxygen atoms in total. The molecule has 3 saturated heterocycles. The van der Waals surface area contributed by atoms with E-state index in [0.717, 1.165) is 57.9 Å². The monoisotopic (exact) mass is 410 g/mol. The molecule has 0 N–H and O–H groups in total. The number of hydrogen-bond donors (Lipinski definition) is 0. The van der Waals surface area contributed by atoms with Crippen LogP contribution in [0, 0.1) is 18.8 Å². The van der Waals surface area contributed by atoms with Gasteiger partial charge in [-0.3, -0.25) is 9.69 Å². The van der Waals surface area contributed by atoms with Crippen molar-refractivity contribution in [2.45, 2.75) is 38.1 Å². The van der Waals surface area contributed by atoms with Crippen molar-refractivity contribution < 1.29 is 13.9 Å². The number of aryl methyl sites for hydroxylation is 1. The molecule has 0 saturated carbocycles. The molecular weight excluding hydrogens is 380 g/mol. The Balaban J connectivity index is 1.36. The number of benzene rings is 1. The summed E-state index contributed by atoms with van der Waals surface area (Å²) in [5.41, 5.74) is 1.14. The van der Waals surface area contributed by atoms with E-state index in [9.17, 15) is 4.79 Å². The number of aromatic nitrogens is 2. The van der Waals surface area contributed by atoms with E-state index in [1.807, 2.05) is 6.92 Å². The minimum atomic E-state index is -0.164. The fraction of sp³-hybridized carbons (Fsp3) is 0.609. The van der Waals surface area contributed by atoms with E-state index in [-0.39, 0.29) is 11.3 Å². The van der Waals surface area contributed by atoms with Crippen LogP contribution in [0.5, 0.6) is 0 Å². The van der Waals surface area contributed by atoms with E-state index in [1.54, 1.807) is 0 Å². The Labute approximate surface area is 177 Å². The summed E-state index contributed by atoms with van der Waals surface area (Å²) in [6, 6.07) is 10.6. The van der Waals surface area contributed by atoms with Crippen molar-refractivity contribution in [1.82, 2.24) is 20.0 Å². The highest BCUT2D eigenvalue weighted by Gasteiger charge is 2.54. The number of carbonyl (C=O) groups excluding carboxylic acids is 1. The lowest BCUT2D eigenvalue weighted by atomic mass is 9.72. The van der Waals surface area contributed by atoms with Crippen molar-refractivity contribution in [1.29, 1.82) is 0 Å². The summed E-state index contributed by atoms with van der Waals surface area (Å²) in [7, 11) is 0. The van der Waals surface area contributed by atoms with Crippen LogP contribution in [-0.4, -0.2) is 65.3 Å². The average molecular weight is 411 g/mol. The van der Waals surface area contributed by atoms with Gasteiger partial charge in [0, 0.05) is 64.7 Å². The molecule has 7 heteroatoms. The van der Waals surface area contributed by atoms with Crippen molar-refractivity contribution in [2.75, 3.05) is 39.4 Å². The first-order valence-corrected chi connectivity index (χ1v) is 11.1. The Bertz CT molecular complexity index is 880. The van der Waals surface area contributed by atoms with Crippen molar-refractivity contribution >= 4 is 5.91 Å². The maximum atomic E-state index is 13.2. The number of rotatable bonds is 4. The average Bonchev–Trinajstić information content (AvgIpc) is 3.38. The Morgan fingerprint density at radius 1 is 1.17 bits per heavy atom. The summed E-state index contributed by atoms with van der Waals surface area (Å²) in [6.07, 6.45) is 2.56. The number of amides is 1. The Kier molecular flexibility index (Phi) is 5.33. The van der Waals surface area contributed by atoms with Crippen LogP contribution in [0.25, 0.3) is 0 Å². The molecule has 5 rings (SSSR count). The summed E-state index contributed by atoms with van der Waals surface area (Å²) in [5, 5.41) is 8.56. The SMILES string of the molecule is Cc1nnc([C@]23CCN(C(=O)C4CCOCC4)C[C@H]2CN(Cc2ccccc2)C3)o1. The molecule has 1 amide bonds. The smallest absolute Gasteiger partial charge is 0.225 e. The minimum Gasteiger partial charge on any atom is -0.425 e. The topological polar surface area (TPSA) is 71.7 Å². The van der Waals surface area contributed by atoms with Gasteiger partial charge in [-0.1, -0.05) is 30.3 Å². The van der Waals surface area contributed by atoms with Crippen molar-refractivity contribution in [2.24, 2.45) is 11.8 Å². The van der Waals surface area contributed by atoms with Gasteiger partial charge in [-0.05, 0) is 24.8 Å². The van der Waals surface area contributed by atoms with Gasteiger partial charge in [0.05, 0.1) is 5.41 Å². The van der Waals surface area contributed by atoms with E-state index in [2.05, 4.69) is 50.3 Å². The standard InChI is InChI=1S/C23H30N4O3/c1-17-24-25-22(30-17)23-9-10-27(21(28)19-7-11-29-12-8-19)15-20(23)14-26(16-23)13-18-5-3-2-4-6-18/h2-6,19-20H,7-16H2,1H3/t20-,23+/m1/s1. The quantitative estimate of drug-likeness (QED) is 0.771. The van der Waals surface area contributed by atoms with Gasteiger partial charge in [0.15, 0.2) is 0 Å². The van der Waals surface area contributed by atoms with Crippen LogP contribution in [0.2, 0.25) is 0 Å². The number of hydrogen-bond acceptors (Lipinski definition) is 6. The highest BCUT2D eigenvalue weighted by molar-refractivity contribution is 5.79. The minimum absolute atomic E-state index is 0.110. The predicted octanol–water partition coefficient (Wildman–Crippen LogP) is 2.41. The lowest BCUT2D eigenvalue weighted by Crippen LogP contribution is -2.53. The highest BCUT2D eigenvalue weighted by atomic mass is 16.5. The third-order valence-corrected chi connectivity index (χ3v) is 7.12. The lowest BCUT2D eigenvalue weighted by Gasteiger charge is -2.42. The fourth-order valence-electron chi connectivity index (χ4n) is 5.50. The molecule has 0 aliphatic carbocycles. The molecule has 1 aromatic heterocycles. The second-order valence-corrected chi connectivity index (χ2v) is 9.06. The Morgan fingerprint density at radius 3 is 2.70 bits per heavy atom. The van der Waals surface area contributed by atoms with Crippen LogP contribution in [0.4, 0.5) is 0 Å². The van der Waals surface area contributed by atoms with E-state index < -0.39 is 0 Å². The van der Waals surface area contributed by atoms with Gasteiger partial charge in [0.2, 0.25) is 17.7 Å². The zero-order chi connectivity index (χ0) is 20.6. The molecule has 2 aromatic rings. The third kappa shape index (κ3) is 3.65. The summed E-state index contributed by atoms with van der Waals surface area (Å²) < 4.78 is 11.4. The van der Waals surface area contributed by atoms with E-state index in [1.165, 1.54) is 5.56 Å². The first-order valence-electron chi connectivity index (χ1n) is 11.1. The normalized spacial score (nSPS) is 27.9. The summed E-state index contributed by atoms with van der Waals surface area (Å²) in [5.74, 6) is 2.08. The third-order valence-electron chi connectivity index (χ3n) is 7.12. The van der Waals surface area contributed by atoms with Gasteiger partial charge in [-0.2, -0.15) is 0 Å². The lowest BCUT2D eigenvalue weighted by molar-refractivity contribution is -0.141. The predicted molar refractivity (Wildman–Crippen MR) is 111 cm³/mol. The number of fused-ring (bicyclic) bond motifs is 1. The maximum absolute atomic E-state index is 13.2. The number of likely N-dealkylation sites (tertiary alicyclic amines) is 2. The zero-order valence-electron chi connectivity index (χ0n) is 17.6. The van der Waals surface area contributed by atoms with Crippen LogP contribution in [-0.2, 0) is 21.5 Å². The Hall–Kier alpha value is -2.25. The van der Waals surface area contributed by atoms with Gasteiger partial charge < -0.3 is 14.1 Å². The summed E-state index contributed by atoms with van der Waals surface area (Å²) in [4.78, 5) is 17.7. The molecule has 0 radical (unpaired) electrons. The molecule has 4 heterocycles.